The summed E-state index contributed by atoms with van der Waals surface area (Å²) in [6.45, 7) is 0.282. The smallest absolute Gasteiger partial charge is 0.275 e. The number of thioether (sulfide) groups is 1. The van der Waals surface area contributed by atoms with E-state index in [9.17, 15) is 14.0 Å². The first-order valence-corrected chi connectivity index (χ1v) is 8.87. The number of hydrogen-bond donors (Lipinski definition) is 1. The second-order valence-electron chi connectivity index (χ2n) is 5.51. The Balaban J connectivity index is 1.47. The topological polar surface area (TPSA) is 83.2 Å². The van der Waals surface area contributed by atoms with E-state index in [1.54, 1.807) is 36.4 Å². The van der Waals surface area contributed by atoms with Crippen molar-refractivity contribution < 1.29 is 14.0 Å². The maximum absolute atomic E-state index is 12.8. The van der Waals surface area contributed by atoms with Crippen molar-refractivity contribution in [3.63, 3.8) is 0 Å². The van der Waals surface area contributed by atoms with E-state index in [4.69, 9.17) is 0 Å². The van der Waals surface area contributed by atoms with Crippen molar-refractivity contribution in [1.29, 1.82) is 0 Å². The van der Waals surface area contributed by atoms with E-state index in [0.29, 0.717) is 21.2 Å². The molecule has 8 heteroatoms. The van der Waals surface area contributed by atoms with Crippen LogP contribution in [0.1, 0.15) is 22.3 Å². The third kappa shape index (κ3) is 5.68. The highest BCUT2D eigenvalue weighted by Gasteiger charge is 2.18. The quantitative estimate of drug-likeness (QED) is 0.637. The van der Waals surface area contributed by atoms with Crippen molar-refractivity contribution in [2.75, 3.05) is 6.54 Å². The average Bonchev–Trinajstić information content (AvgIpc) is 3.10. The van der Waals surface area contributed by atoms with E-state index in [0.717, 1.165) is 0 Å². The van der Waals surface area contributed by atoms with Gasteiger partial charge in [0, 0.05) is 5.56 Å². The summed E-state index contributed by atoms with van der Waals surface area (Å²) in [6.07, 6.45) is 1.47. The van der Waals surface area contributed by atoms with Crippen molar-refractivity contribution >= 4 is 39.9 Å². The van der Waals surface area contributed by atoms with Crippen LogP contribution in [0, 0.1) is 5.82 Å². The van der Waals surface area contributed by atoms with Gasteiger partial charge in [0.2, 0.25) is 5.91 Å². The number of nitrogens with zero attached hydrogens (tertiary/aromatic N) is 3. The van der Waals surface area contributed by atoms with Crippen LogP contribution in [0.25, 0.3) is 0 Å². The van der Waals surface area contributed by atoms with Crippen molar-refractivity contribution in [3.8, 4) is 0 Å². The minimum Gasteiger partial charge on any atom is -0.275 e. The van der Waals surface area contributed by atoms with Crippen LogP contribution in [0.2, 0.25) is 0 Å². The fourth-order valence-corrected chi connectivity index (χ4v) is 3.03. The number of carbonyl (C=O) groups excluding carboxylic acids is 2. The number of halogens is 1. The van der Waals surface area contributed by atoms with Crippen LogP contribution < -0.4 is 5.43 Å². The SMILES string of the molecule is O=C(CC1=NCC(=NC(=O)c2ccccc2)S1)N/N=C\c1ccc(F)cc1. The van der Waals surface area contributed by atoms with Gasteiger partial charge in [0.15, 0.2) is 0 Å². The number of rotatable bonds is 5. The van der Waals surface area contributed by atoms with E-state index < -0.39 is 0 Å². The van der Waals surface area contributed by atoms with E-state index in [2.05, 4.69) is 20.5 Å². The van der Waals surface area contributed by atoms with Crippen molar-refractivity contribution in [1.82, 2.24) is 5.43 Å². The lowest BCUT2D eigenvalue weighted by Crippen LogP contribution is -2.19. The summed E-state index contributed by atoms with van der Waals surface area (Å²) in [4.78, 5) is 32.2. The summed E-state index contributed by atoms with van der Waals surface area (Å²) in [5, 5.41) is 4.95. The zero-order valence-corrected chi connectivity index (χ0v) is 14.9. The van der Waals surface area contributed by atoms with Crippen LogP contribution in [0.5, 0.6) is 0 Å². The van der Waals surface area contributed by atoms with Gasteiger partial charge >= 0.3 is 0 Å². The predicted molar refractivity (Wildman–Crippen MR) is 105 cm³/mol. The maximum atomic E-state index is 12.8. The van der Waals surface area contributed by atoms with Gasteiger partial charge in [0.05, 0.1) is 24.2 Å². The maximum Gasteiger partial charge on any atom is 0.277 e. The van der Waals surface area contributed by atoms with Crippen molar-refractivity contribution in [3.05, 3.63) is 71.5 Å². The van der Waals surface area contributed by atoms with Crippen LogP contribution >= 0.6 is 11.8 Å². The molecule has 0 saturated carbocycles. The number of nitrogens with one attached hydrogen (secondary N) is 1. The molecule has 1 aliphatic rings. The molecule has 1 N–H and O–H groups in total. The van der Waals surface area contributed by atoms with Gasteiger partial charge in [-0.15, -0.1) is 0 Å². The normalized spacial score (nSPS) is 15.1. The Labute approximate surface area is 159 Å². The standard InChI is InChI=1S/C19H15FN4O2S/c20-15-8-6-13(7-9-15)11-22-24-16(25)10-17-21-12-18(27-17)23-19(26)14-4-2-1-3-5-14/h1-9,11H,10,12H2,(H,24,25)/b22-11-,23-18?. The van der Waals surface area contributed by atoms with Gasteiger partial charge in [-0.25, -0.2) is 14.8 Å². The molecular weight excluding hydrogens is 367 g/mol. The lowest BCUT2D eigenvalue weighted by Gasteiger charge is -1.99. The summed E-state index contributed by atoms with van der Waals surface area (Å²) < 4.78 is 12.8. The van der Waals surface area contributed by atoms with Gasteiger partial charge in [0.1, 0.15) is 10.9 Å². The first-order chi connectivity index (χ1) is 13.1. The van der Waals surface area contributed by atoms with Crippen LogP contribution in [0.15, 0.2) is 69.7 Å². The molecule has 1 aliphatic heterocycles. The van der Waals surface area contributed by atoms with E-state index in [-0.39, 0.29) is 30.6 Å². The molecule has 0 bridgehead atoms. The molecule has 0 aliphatic carbocycles. The molecule has 0 radical (unpaired) electrons. The van der Waals surface area contributed by atoms with Crippen LogP contribution in [0.3, 0.4) is 0 Å². The molecule has 6 nitrogen and oxygen atoms in total. The van der Waals surface area contributed by atoms with Crippen LogP contribution in [-0.2, 0) is 4.79 Å². The van der Waals surface area contributed by atoms with Crippen molar-refractivity contribution in [2.45, 2.75) is 6.42 Å². The second-order valence-corrected chi connectivity index (χ2v) is 6.66. The molecule has 136 valence electrons. The Kier molecular flexibility index (Phi) is 6.22. The van der Waals surface area contributed by atoms with E-state index >= 15 is 0 Å². The molecule has 0 fully saturated rings. The van der Waals surface area contributed by atoms with E-state index in [1.165, 1.54) is 30.1 Å². The Morgan fingerprint density at radius 1 is 1.15 bits per heavy atom. The first-order valence-electron chi connectivity index (χ1n) is 8.06. The first kappa shape index (κ1) is 18.7. The number of carbonyl (C=O) groups is 2. The minimum absolute atomic E-state index is 0.0456. The molecule has 0 saturated heterocycles. The molecule has 0 unspecified atom stereocenters. The zero-order valence-electron chi connectivity index (χ0n) is 14.1. The highest BCUT2D eigenvalue weighted by atomic mass is 32.2. The fraction of sp³-hybridized carbons (Fsp3) is 0.105. The predicted octanol–water partition coefficient (Wildman–Crippen LogP) is 3.05. The Bertz CT molecular complexity index is 924. The summed E-state index contributed by atoms with van der Waals surface area (Å²) >= 11 is 1.22. The molecule has 2 aromatic carbocycles. The van der Waals surface area contributed by atoms with Crippen molar-refractivity contribution in [2.24, 2.45) is 15.1 Å². The average molecular weight is 382 g/mol. The number of hydrazone groups is 1. The molecule has 27 heavy (non-hydrogen) atoms. The monoisotopic (exact) mass is 382 g/mol. The number of benzene rings is 2. The van der Waals surface area contributed by atoms with Gasteiger partial charge in [-0.05, 0) is 29.8 Å². The third-order valence-corrected chi connectivity index (χ3v) is 4.42. The van der Waals surface area contributed by atoms with Gasteiger partial charge < -0.3 is 0 Å². The molecule has 2 amide bonds. The molecule has 1 heterocycles. The fourth-order valence-electron chi connectivity index (χ4n) is 2.17. The molecule has 3 rings (SSSR count). The minimum atomic E-state index is -0.338. The van der Waals surface area contributed by atoms with Crippen LogP contribution in [-0.4, -0.2) is 34.7 Å². The highest BCUT2D eigenvalue weighted by Crippen LogP contribution is 2.19. The van der Waals surface area contributed by atoms with Gasteiger partial charge in [0.25, 0.3) is 5.91 Å². The number of amides is 2. The Hall–Kier alpha value is -3.13. The van der Waals surface area contributed by atoms with E-state index in [1.807, 2.05) is 6.07 Å². The largest absolute Gasteiger partial charge is 0.277 e. The molecular formula is C19H15FN4O2S. The lowest BCUT2D eigenvalue weighted by molar-refractivity contribution is -0.119. The van der Waals surface area contributed by atoms with Crippen LogP contribution in [0.4, 0.5) is 4.39 Å². The molecule has 0 spiro atoms. The lowest BCUT2D eigenvalue weighted by atomic mass is 10.2. The second kappa shape index (κ2) is 9.00. The summed E-state index contributed by atoms with van der Waals surface area (Å²) in [7, 11) is 0. The van der Waals surface area contributed by atoms with Gasteiger partial charge in [-0.2, -0.15) is 5.10 Å². The third-order valence-electron chi connectivity index (χ3n) is 3.46. The zero-order chi connectivity index (χ0) is 19.1. The number of hydrogen-bond acceptors (Lipinski definition) is 5. The Morgan fingerprint density at radius 2 is 1.89 bits per heavy atom. The summed E-state index contributed by atoms with van der Waals surface area (Å²) in [5.41, 5.74) is 3.56. The Morgan fingerprint density at radius 3 is 2.63 bits per heavy atom. The molecule has 2 aromatic rings. The highest BCUT2D eigenvalue weighted by molar-refractivity contribution is 8.27. The van der Waals surface area contributed by atoms with Gasteiger partial charge in [-0.3, -0.25) is 14.6 Å². The number of aliphatic imine (C=N–C) groups is 2. The molecule has 0 aromatic heterocycles. The summed E-state index contributed by atoms with van der Waals surface area (Å²) in [6, 6.07) is 14.5. The molecule has 0 atom stereocenters. The summed E-state index contributed by atoms with van der Waals surface area (Å²) in [5.74, 6) is -1.01. The van der Waals surface area contributed by atoms with Gasteiger partial charge in [-0.1, -0.05) is 42.1 Å².